The van der Waals surface area contributed by atoms with Crippen molar-refractivity contribution in [2.24, 2.45) is 5.11 Å². The maximum atomic E-state index is 11.2. The number of azide groups is 1. The molecule has 1 fully saturated rings. The van der Waals surface area contributed by atoms with Gasteiger partial charge >= 0.3 is 6.03 Å². The summed E-state index contributed by atoms with van der Waals surface area (Å²) in [5, 5.41) is 8.93. The van der Waals surface area contributed by atoms with Crippen LogP contribution in [0.1, 0.15) is 25.7 Å². The van der Waals surface area contributed by atoms with E-state index in [0.29, 0.717) is 25.6 Å². The Labute approximate surface area is 82.7 Å². The molecule has 0 heterocycles. The third kappa shape index (κ3) is 4.00. The number of urea groups is 1. The van der Waals surface area contributed by atoms with Crippen LogP contribution in [0.15, 0.2) is 5.11 Å². The van der Waals surface area contributed by atoms with Crippen molar-refractivity contribution in [2.75, 3.05) is 13.1 Å². The average molecular weight is 197 g/mol. The first-order chi connectivity index (χ1) is 6.83. The van der Waals surface area contributed by atoms with Crippen molar-refractivity contribution in [3.63, 3.8) is 0 Å². The van der Waals surface area contributed by atoms with Gasteiger partial charge in [-0.1, -0.05) is 5.11 Å². The van der Waals surface area contributed by atoms with Gasteiger partial charge in [0.2, 0.25) is 0 Å². The zero-order valence-corrected chi connectivity index (χ0v) is 8.07. The molecule has 0 saturated heterocycles. The zero-order chi connectivity index (χ0) is 10.2. The number of nitrogens with zero attached hydrogens (tertiary/aromatic N) is 3. The average Bonchev–Trinajstić information content (AvgIpc) is 2.11. The Morgan fingerprint density at radius 1 is 1.57 bits per heavy atom. The van der Waals surface area contributed by atoms with Gasteiger partial charge in [0.1, 0.15) is 0 Å². The van der Waals surface area contributed by atoms with Gasteiger partial charge in [-0.3, -0.25) is 0 Å². The van der Waals surface area contributed by atoms with Gasteiger partial charge in [-0.2, -0.15) is 0 Å². The van der Waals surface area contributed by atoms with Crippen LogP contribution in [0.4, 0.5) is 4.79 Å². The largest absolute Gasteiger partial charge is 0.338 e. The zero-order valence-electron chi connectivity index (χ0n) is 8.07. The van der Waals surface area contributed by atoms with Crippen LogP contribution in [-0.4, -0.2) is 25.2 Å². The minimum Gasteiger partial charge on any atom is -0.338 e. The molecule has 6 heteroatoms. The minimum absolute atomic E-state index is 0.115. The summed E-state index contributed by atoms with van der Waals surface area (Å²) < 4.78 is 0. The quantitative estimate of drug-likeness (QED) is 0.297. The topological polar surface area (TPSA) is 89.9 Å². The molecule has 0 unspecified atom stereocenters. The van der Waals surface area contributed by atoms with E-state index >= 15 is 0 Å². The van der Waals surface area contributed by atoms with E-state index in [1.54, 1.807) is 0 Å². The van der Waals surface area contributed by atoms with Gasteiger partial charge in [0.05, 0.1) is 0 Å². The molecule has 0 aromatic heterocycles. The first-order valence-corrected chi connectivity index (χ1v) is 4.88. The fraction of sp³-hybridized carbons (Fsp3) is 0.875. The van der Waals surface area contributed by atoms with Gasteiger partial charge in [0, 0.05) is 24.0 Å². The Bertz CT molecular complexity index is 232. The molecule has 78 valence electrons. The Hall–Kier alpha value is -1.42. The normalized spacial score (nSPS) is 15.1. The molecule has 2 N–H and O–H groups in total. The molecule has 0 aliphatic heterocycles. The predicted molar refractivity (Wildman–Crippen MR) is 52.8 cm³/mol. The lowest BCUT2D eigenvalue weighted by Crippen LogP contribution is -2.45. The van der Waals surface area contributed by atoms with E-state index in [4.69, 9.17) is 5.53 Å². The van der Waals surface area contributed by atoms with Crippen molar-refractivity contribution in [3.05, 3.63) is 10.4 Å². The van der Waals surface area contributed by atoms with Gasteiger partial charge in [0.15, 0.2) is 0 Å². The molecule has 0 spiro atoms. The van der Waals surface area contributed by atoms with Crippen LogP contribution in [0.3, 0.4) is 0 Å². The number of hydrogen-bond donors (Lipinski definition) is 2. The van der Waals surface area contributed by atoms with Gasteiger partial charge in [-0.05, 0) is 31.2 Å². The smallest absolute Gasteiger partial charge is 0.315 e. The summed E-state index contributed by atoms with van der Waals surface area (Å²) in [5.74, 6) is 0. The third-order valence-corrected chi connectivity index (χ3v) is 2.22. The molecule has 0 bridgehead atoms. The molecule has 1 aliphatic rings. The molecule has 1 rings (SSSR count). The van der Waals surface area contributed by atoms with Crippen LogP contribution in [0.5, 0.6) is 0 Å². The number of rotatable bonds is 5. The van der Waals surface area contributed by atoms with Gasteiger partial charge < -0.3 is 10.6 Å². The number of carbonyl (C=O) groups is 1. The lowest BCUT2D eigenvalue weighted by Gasteiger charge is -2.26. The summed E-state index contributed by atoms with van der Waals surface area (Å²) >= 11 is 0. The van der Waals surface area contributed by atoms with E-state index in [0.717, 1.165) is 12.8 Å². The number of amides is 2. The number of hydrogen-bond acceptors (Lipinski definition) is 2. The molecule has 14 heavy (non-hydrogen) atoms. The van der Waals surface area contributed by atoms with Crippen LogP contribution in [0.2, 0.25) is 0 Å². The maximum absolute atomic E-state index is 11.2. The highest BCUT2D eigenvalue weighted by Crippen LogP contribution is 2.17. The molecule has 0 aromatic carbocycles. The fourth-order valence-corrected chi connectivity index (χ4v) is 1.19. The molecule has 0 atom stereocenters. The molecular formula is C8H15N5O. The highest BCUT2D eigenvalue weighted by molar-refractivity contribution is 5.74. The van der Waals surface area contributed by atoms with Crippen LogP contribution >= 0.6 is 0 Å². The first kappa shape index (κ1) is 10.7. The molecule has 1 aliphatic carbocycles. The standard InChI is InChI=1S/C8H15N5O/c9-13-11-6-2-5-10-8(14)12-7-3-1-4-7/h7H,1-6H2,(H2,10,12,14). The van der Waals surface area contributed by atoms with Gasteiger partial charge in [-0.25, -0.2) is 4.79 Å². The van der Waals surface area contributed by atoms with E-state index in [2.05, 4.69) is 20.7 Å². The lowest BCUT2D eigenvalue weighted by molar-refractivity contribution is 0.228. The first-order valence-electron chi connectivity index (χ1n) is 4.88. The van der Waals surface area contributed by atoms with E-state index in [1.165, 1.54) is 6.42 Å². The van der Waals surface area contributed by atoms with Crippen molar-refractivity contribution in [2.45, 2.75) is 31.7 Å². The van der Waals surface area contributed by atoms with Crippen molar-refractivity contribution in [1.82, 2.24) is 10.6 Å². The van der Waals surface area contributed by atoms with Crippen LogP contribution < -0.4 is 10.6 Å². The number of nitrogens with one attached hydrogen (secondary N) is 2. The van der Waals surface area contributed by atoms with Crippen molar-refractivity contribution >= 4 is 6.03 Å². The Morgan fingerprint density at radius 3 is 2.93 bits per heavy atom. The summed E-state index contributed by atoms with van der Waals surface area (Å²) in [4.78, 5) is 13.8. The second-order valence-corrected chi connectivity index (χ2v) is 3.34. The molecule has 6 nitrogen and oxygen atoms in total. The van der Waals surface area contributed by atoms with Crippen LogP contribution in [-0.2, 0) is 0 Å². The van der Waals surface area contributed by atoms with Crippen molar-refractivity contribution in [1.29, 1.82) is 0 Å². The molecule has 0 aromatic rings. The highest BCUT2D eigenvalue weighted by Gasteiger charge is 2.18. The third-order valence-electron chi connectivity index (χ3n) is 2.22. The molecule has 1 saturated carbocycles. The Morgan fingerprint density at radius 2 is 2.36 bits per heavy atom. The molecule has 2 amide bonds. The second kappa shape index (κ2) is 6.10. The summed E-state index contributed by atoms with van der Waals surface area (Å²) in [6.45, 7) is 0.984. The van der Waals surface area contributed by atoms with Gasteiger partial charge in [0.25, 0.3) is 0 Å². The predicted octanol–water partition coefficient (Wildman–Crippen LogP) is 1.54. The van der Waals surface area contributed by atoms with E-state index in [1.807, 2.05) is 0 Å². The van der Waals surface area contributed by atoms with Gasteiger partial charge in [-0.15, -0.1) is 0 Å². The molecule has 0 radical (unpaired) electrons. The lowest BCUT2D eigenvalue weighted by atomic mass is 9.93. The summed E-state index contributed by atoms with van der Waals surface area (Å²) in [7, 11) is 0. The van der Waals surface area contributed by atoms with Crippen molar-refractivity contribution < 1.29 is 4.79 Å². The molecular weight excluding hydrogens is 182 g/mol. The monoisotopic (exact) mass is 197 g/mol. The summed E-state index contributed by atoms with van der Waals surface area (Å²) in [6.07, 6.45) is 4.07. The van der Waals surface area contributed by atoms with E-state index in [-0.39, 0.29) is 6.03 Å². The van der Waals surface area contributed by atoms with Crippen LogP contribution in [0.25, 0.3) is 10.4 Å². The Kier molecular flexibility index (Phi) is 4.64. The number of carbonyl (C=O) groups excluding carboxylic acids is 1. The minimum atomic E-state index is -0.115. The highest BCUT2D eigenvalue weighted by atomic mass is 16.2. The Balaban J connectivity index is 1.94. The summed E-state index contributed by atoms with van der Waals surface area (Å²) in [6, 6.07) is 0.253. The SMILES string of the molecule is [N-]=[N+]=NCCCNC(=O)NC1CCC1. The maximum Gasteiger partial charge on any atom is 0.315 e. The second-order valence-electron chi connectivity index (χ2n) is 3.34. The van der Waals surface area contributed by atoms with E-state index < -0.39 is 0 Å². The van der Waals surface area contributed by atoms with Crippen molar-refractivity contribution in [3.8, 4) is 0 Å². The van der Waals surface area contributed by atoms with Crippen LogP contribution in [0, 0.1) is 0 Å². The summed E-state index contributed by atoms with van der Waals surface area (Å²) in [5.41, 5.74) is 7.99. The van der Waals surface area contributed by atoms with E-state index in [9.17, 15) is 4.79 Å². The fourth-order valence-electron chi connectivity index (χ4n) is 1.19.